The van der Waals surface area contributed by atoms with Crippen molar-refractivity contribution >= 4 is 0 Å². The fourth-order valence-corrected chi connectivity index (χ4v) is 8.08. The Bertz CT molecular complexity index is 813. The van der Waals surface area contributed by atoms with Crippen molar-refractivity contribution in [1.29, 1.82) is 0 Å². The Hall–Kier alpha value is -0.900. The van der Waals surface area contributed by atoms with Gasteiger partial charge in [0, 0.05) is 0 Å². The van der Waals surface area contributed by atoms with Crippen molar-refractivity contribution in [2.45, 2.75) is 111 Å². The maximum atomic E-state index is 10.5. The molecule has 0 aromatic rings. The van der Waals surface area contributed by atoms with E-state index in [0.717, 1.165) is 37.7 Å². The lowest BCUT2D eigenvalue weighted by molar-refractivity contribution is 0.0225. The molecule has 0 saturated heterocycles. The van der Waals surface area contributed by atoms with Gasteiger partial charge in [-0.3, -0.25) is 0 Å². The lowest BCUT2D eigenvalue weighted by atomic mass is 9.51. The summed E-state index contributed by atoms with van der Waals surface area (Å²) in [4.78, 5) is 0. The first-order valence-electron chi connectivity index (χ1n) is 13.1. The van der Waals surface area contributed by atoms with Crippen LogP contribution < -0.4 is 0 Å². The summed E-state index contributed by atoms with van der Waals surface area (Å²) in [6.07, 6.45) is 15.4. The lowest BCUT2D eigenvalue weighted by Crippen LogP contribution is -2.44. The zero-order valence-electron chi connectivity index (χ0n) is 21.1. The van der Waals surface area contributed by atoms with Crippen LogP contribution in [0.25, 0.3) is 0 Å². The quantitative estimate of drug-likeness (QED) is 0.436. The zero-order chi connectivity index (χ0) is 23.3. The first kappa shape index (κ1) is 24.2. The Kier molecular flexibility index (Phi) is 6.59. The third kappa shape index (κ3) is 4.07. The van der Waals surface area contributed by atoms with E-state index in [1.807, 2.05) is 13.8 Å². The van der Waals surface area contributed by atoms with Crippen LogP contribution in [0.2, 0.25) is 0 Å². The van der Waals surface area contributed by atoms with Gasteiger partial charge >= 0.3 is 0 Å². The molecule has 1 unspecified atom stereocenters. The molecule has 4 aliphatic rings. The Morgan fingerprint density at radius 1 is 1.19 bits per heavy atom. The molecule has 0 aromatic carbocycles. The van der Waals surface area contributed by atoms with Crippen LogP contribution in [-0.4, -0.2) is 33.6 Å². The number of hydrogen-bond acceptors (Lipinski definition) is 3. The highest BCUT2D eigenvalue weighted by Gasteiger charge is 2.52. The van der Waals surface area contributed by atoms with Crippen molar-refractivity contribution in [2.75, 3.05) is 6.61 Å². The highest BCUT2D eigenvalue weighted by Crippen LogP contribution is 2.64. The number of allylic oxidation sites excluding steroid dienone is 4. The fourth-order valence-electron chi connectivity index (χ4n) is 8.08. The minimum atomic E-state index is -0.863. The van der Waals surface area contributed by atoms with E-state index in [1.54, 1.807) is 22.8 Å². The molecule has 3 nitrogen and oxygen atoms in total. The first-order chi connectivity index (χ1) is 15.0. The summed E-state index contributed by atoms with van der Waals surface area (Å²) in [5.41, 5.74) is 5.77. The second-order valence-electron chi connectivity index (χ2n) is 12.4. The number of rotatable bonds is 6. The van der Waals surface area contributed by atoms with Crippen molar-refractivity contribution < 1.29 is 15.3 Å². The molecule has 0 aromatic heterocycles. The van der Waals surface area contributed by atoms with Crippen molar-refractivity contribution in [3.05, 3.63) is 34.4 Å². The summed E-state index contributed by atoms with van der Waals surface area (Å²) in [6, 6.07) is 0. The molecule has 6 atom stereocenters. The van der Waals surface area contributed by atoms with Gasteiger partial charge in [0.25, 0.3) is 0 Å². The first-order valence-corrected chi connectivity index (χ1v) is 13.1. The van der Waals surface area contributed by atoms with Gasteiger partial charge in [0.05, 0.1) is 18.3 Å². The van der Waals surface area contributed by atoms with Crippen LogP contribution in [0.15, 0.2) is 34.4 Å². The van der Waals surface area contributed by atoms with Gasteiger partial charge in [0.2, 0.25) is 0 Å². The Morgan fingerprint density at radius 2 is 1.94 bits per heavy atom. The summed E-state index contributed by atoms with van der Waals surface area (Å²) in [6.45, 7) is 11.1. The Morgan fingerprint density at radius 3 is 2.62 bits per heavy atom. The fraction of sp³-hybridized carbons (Fsp3) is 0.793. The van der Waals surface area contributed by atoms with Gasteiger partial charge in [-0.05, 0) is 123 Å². The Labute approximate surface area is 195 Å². The monoisotopic (exact) mass is 442 g/mol. The summed E-state index contributed by atoms with van der Waals surface area (Å²) in [5.74, 6) is 1.89. The van der Waals surface area contributed by atoms with Crippen LogP contribution >= 0.6 is 0 Å². The normalized spacial score (nSPS) is 38.7. The maximum absolute atomic E-state index is 10.5. The largest absolute Gasteiger partial charge is 0.393 e. The average molecular weight is 443 g/mol. The van der Waals surface area contributed by atoms with Crippen molar-refractivity contribution in [2.24, 2.45) is 28.6 Å². The van der Waals surface area contributed by atoms with E-state index >= 15 is 0 Å². The van der Waals surface area contributed by atoms with Gasteiger partial charge in [0.15, 0.2) is 0 Å². The molecule has 4 aliphatic carbocycles. The third-order valence-electron chi connectivity index (χ3n) is 10.2. The molecule has 3 heteroatoms. The molecule has 1 saturated carbocycles. The minimum absolute atomic E-state index is 0.00568. The number of fused-ring (bicyclic) bond motifs is 4. The second kappa shape index (κ2) is 8.71. The zero-order valence-corrected chi connectivity index (χ0v) is 21.1. The SMILES string of the molecule is C[C@H](CC/C(=C\CO)C(C)(C)O)[C@H]1CC=C2C3=C(CC[C@@]21C)[C@@]1(C)CC[C@H](O)CC1CC3. The van der Waals surface area contributed by atoms with E-state index in [0.29, 0.717) is 23.2 Å². The van der Waals surface area contributed by atoms with E-state index in [1.165, 1.54) is 32.1 Å². The Balaban J connectivity index is 1.51. The lowest BCUT2D eigenvalue weighted by Gasteiger charge is -2.54. The molecule has 1 fully saturated rings. The second-order valence-corrected chi connectivity index (χ2v) is 12.4. The number of hydrogen-bond donors (Lipinski definition) is 3. The highest BCUT2D eigenvalue weighted by molar-refractivity contribution is 5.49. The molecule has 3 N–H and O–H groups in total. The van der Waals surface area contributed by atoms with Gasteiger partial charge in [-0.25, -0.2) is 0 Å². The molecule has 0 amide bonds. The predicted octanol–water partition coefficient (Wildman–Crippen LogP) is 6.10. The van der Waals surface area contributed by atoms with Crippen LogP contribution in [0.3, 0.4) is 0 Å². The molecule has 0 heterocycles. The average Bonchev–Trinajstić information content (AvgIpc) is 3.08. The van der Waals surface area contributed by atoms with Crippen molar-refractivity contribution in [3.8, 4) is 0 Å². The summed E-state index contributed by atoms with van der Waals surface area (Å²) in [7, 11) is 0. The topological polar surface area (TPSA) is 60.7 Å². The molecule has 0 radical (unpaired) electrons. The van der Waals surface area contributed by atoms with Gasteiger partial charge in [-0.15, -0.1) is 0 Å². The van der Waals surface area contributed by atoms with Crippen LogP contribution in [0.4, 0.5) is 0 Å². The molecular formula is C29H46O3. The maximum Gasteiger partial charge on any atom is 0.0801 e. The summed E-state index contributed by atoms with van der Waals surface area (Å²) in [5, 5.41) is 30.1. The summed E-state index contributed by atoms with van der Waals surface area (Å²) < 4.78 is 0. The molecule has 180 valence electrons. The molecule has 4 rings (SSSR count). The van der Waals surface area contributed by atoms with Crippen molar-refractivity contribution in [1.82, 2.24) is 0 Å². The molecule has 0 spiro atoms. The highest BCUT2D eigenvalue weighted by atomic mass is 16.3. The van der Waals surface area contributed by atoms with E-state index in [-0.39, 0.29) is 18.1 Å². The van der Waals surface area contributed by atoms with Crippen LogP contribution in [0, 0.1) is 28.6 Å². The van der Waals surface area contributed by atoms with E-state index < -0.39 is 5.60 Å². The van der Waals surface area contributed by atoms with Gasteiger partial charge < -0.3 is 15.3 Å². The molecule has 0 aliphatic heterocycles. The number of aliphatic hydroxyl groups excluding tert-OH is 2. The van der Waals surface area contributed by atoms with Crippen molar-refractivity contribution in [3.63, 3.8) is 0 Å². The molecular weight excluding hydrogens is 396 g/mol. The van der Waals surface area contributed by atoms with Gasteiger partial charge in [0.1, 0.15) is 0 Å². The van der Waals surface area contributed by atoms with E-state index in [9.17, 15) is 15.3 Å². The molecule has 32 heavy (non-hydrogen) atoms. The third-order valence-corrected chi connectivity index (χ3v) is 10.2. The van der Waals surface area contributed by atoms with E-state index in [4.69, 9.17) is 0 Å². The predicted molar refractivity (Wildman–Crippen MR) is 131 cm³/mol. The number of aliphatic hydroxyl groups is 3. The standard InChI is InChI=1S/C29H46O3/c1-19(6-7-20(14-17-30)27(2,3)32)24-10-11-25-23-9-8-21-18-22(31)12-15-28(21,4)26(23)13-16-29(24,25)5/h11,14,19,21-22,24,30-32H,6-10,12-13,15-18H2,1-5H3/b20-14+/t19-,21?,22+,24-,28+,29-/m1/s1. The van der Waals surface area contributed by atoms with E-state index in [2.05, 4.69) is 26.8 Å². The smallest absolute Gasteiger partial charge is 0.0801 e. The summed E-state index contributed by atoms with van der Waals surface area (Å²) >= 11 is 0. The minimum Gasteiger partial charge on any atom is -0.393 e. The molecule has 0 bridgehead atoms. The van der Waals surface area contributed by atoms with Gasteiger partial charge in [-0.1, -0.05) is 38.5 Å². The van der Waals surface area contributed by atoms with Gasteiger partial charge in [-0.2, -0.15) is 0 Å². The van der Waals surface area contributed by atoms with Crippen LogP contribution in [0.1, 0.15) is 98.8 Å². The van der Waals surface area contributed by atoms with Crippen LogP contribution in [0.5, 0.6) is 0 Å². The van der Waals surface area contributed by atoms with Crippen LogP contribution in [-0.2, 0) is 0 Å².